The molecule has 23 heavy (non-hydrogen) atoms. The number of halogens is 1. The van der Waals surface area contributed by atoms with Gasteiger partial charge in [-0.15, -0.1) is 0 Å². The second-order valence-electron chi connectivity index (χ2n) is 5.93. The van der Waals surface area contributed by atoms with Crippen molar-refractivity contribution in [1.29, 1.82) is 0 Å². The molecule has 2 amide bonds. The van der Waals surface area contributed by atoms with E-state index in [4.69, 9.17) is 16.8 Å². The second kappa shape index (κ2) is 9.52. The van der Waals surface area contributed by atoms with E-state index in [-0.39, 0.29) is 12.5 Å². The minimum atomic E-state index is -0.943. The van der Waals surface area contributed by atoms with E-state index in [1.807, 2.05) is 13.8 Å². The highest BCUT2D eigenvalue weighted by Gasteiger charge is 2.27. The highest BCUT2D eigenvalue weighted by atomic mass is 35.5. The number of aromatic nitrogens is 2. The molecular formula is C15H25ClN4O3. The zero-order valence-electron chi connectivity index (χ0n) is 13.8. The Bertz CT molecular complexity index is 531. The molecule has 0 aliphatic rings. The highest BCUT2D eigenvalue weighted by molar-refractivity contribution is 6.30. The van der Waals surface area contributed by atoms with Gasteiger partial charge in [-0.05, 0) is 18.8 Å². The fraction of sp³-hybridized carbons (Fsp3) is 0.667. The fourth-order valence-corrected chi connectivity index (χ4v) is 2.42. The van der Waals surface area contributed by atoms with Gasteiger partial charge in [0.2, 0.25) is 5.91 Å². The number of nitrogens with one attached hydrogen (secondary N) is 3. The third kappa shape index (κ3) is 6.19. The molecule has 8 heteroatoms. The van der Waals surface area contributed by atoms with Crippen molar-refractivity contribution in [3.8, 4) is 0 Å². The summed E-state index contributed by atoms with van der Waals surface area (Å²) in [7, 11) is 0. The van der Waals surface area contributed by atoms with Crippen LogP contribution in [0.4, 0.5) is 0 Å². The lowest BCUT2D eigenvalue weighted by Crippen LogP contribution is -2.40. The molecule has 1 heterocycles. The van der Waals surface area contributed by atoms with E-state index in [1.54, 1.807) is 5.48 Å². The maximum atomic E-state index is 12.2. The number of amides is 2. The maximum Gasteiger partial charge on any atom is 0.255 e. The lowest BCUT2D eigenvalue weighted by molar-refractivity contribution is -0.141. The van der Waals surface area contributed by atoms with Crippen molar-refractivity contribution in [1.82, 2.24) is 20.8 Å². The Morgan fingerprint density at radius 1 is 1.35 bits per heavy atom. The van der Waals surface area contributed by atoms with Crippen LogP contribution in [0.3, 0.4) is 0 Å². The fourth-order valence-electron chi connectivity index (χ4n) is 2.20. The van der Waals surface area contributed by atoms with Crippen molar-refractivity contribution in [2.24, 2.45) is 11.8 Å². The number of H-pyrrole nitrogens is 1. The number of hydroxylamine groups is 1. The van der Waals surface area contributed by atoms with Crippen LogP contribution in [0.25, 0.3) is 0 Å². The Kier molecular flexibility index (Phi) is 8.05. The van der Waals surface area contributed by atoms with E-state index in [1.165, 1.54) is 0 Å². The van der Waals surface area contributed by atoms with Crippen molar-refractivity contribution in [2.45, 2.75) is 53.0 Å². The number of carbonyl (C=O) groups excluding carboxylic acids is 2. The zero-order chi connectivity index (χ0) is 17.4. The van der Waals surface area contributed by atoms with Crippen LogP contribution in [0, 0.1) is 11.8 Å². The maximum absolute atomic E-state index is 12.2. The number of carbonyl (C=O) groups is 2. The SMILES string of the molecule is CCCCc1nc(Cl)c(CNC(=O)C(CC(C)C)C(=O)NO)[nH]1. The predicted octanol–water partition coefficient (Wildman–Crippen LogP) is 2.19. The molecule has 1 aromatic heterocycles. The van der Waals surface area contributed by atoms with Crippen LogP contribution in [-0.2, 0) is 22.6 Å². The van der Waals surface area contributed by atoms with Gasteiger partial charge in [0.1, 0.15) is 11.7 Å². The van der Waals surface area contributed by atoms with Crippen LogP contribution in [0.1, 0.15) is 51.6 Å². The molecule has 0 aliphatic carbocycles. The summed E-state index contributed by atoms with van der Waals surface area (Å²) in [6, 6.07) is 0. The first-order valence-corrected chi connectivity index (χ1v) is 8.21. The Morgan fingerprint density at radius 2 is 2.04 bits per heavy atom. The van der Waals surface area contributed by atoms with Crippen LogP contribution < -0.4 is 10.8 Å². The van der Waals surface area contributed by atoms with Crippen molar-refractivity contribution in [3.05, 3.63) is 16.7 Å². The van der Waals surface area contributed by atoms with Crippen LogP contribution in [0.2, 0.25) is 5.15 Å². The quantitative estimate of drug-likeness (QED) is 0.313. The summed E-state index contributed by atoms with van der Waals surface area (Å²) in [5.41, 5.74) is 2.15. The third-order valence-corrected chi connectivity index (χ3v) is 3.75. The number of unbranched alkanes of at least 4 members (excludes halogenated alkanes) is 1. The molecule has 0 saturated carbocycles. The summed E-state index contributed by atoms with van der Waals surface area (Å²) in [4.78, 5) is 31.1. The number of hydrogen-bond acceptors (Lipinski definition) is 4. The molecule has 130 valence electrons. The molecule has 0 saturated heterocycles. The molecule has 0 aliphatic heterocycles. The summed E-state index contributed by atoms with van der Waals surface area (Å²) in [5.74, 6) is -1.19. The first-order chi connectivity index (χ1) is 10.9. The van der Waals surface area contributed by atoms with E-state index in [9.17, 15) is 9.59 Å². The highest BCUT2D eigenvalue weighted by Crippen LogP contribution is 2.16. The second-order valence-corrected chi connectivity index (χ2v) is 6.29. The summed E-state index contributed by atoms with van der Waals surface area (Å²) in [6.07, 6.45) is 3.20. The molecule has 0 bridgehead atoms. The van der Waals surface area contributed by atoms with Gasteiger partial charge in [-0.2, -0.15) is 0 Å². The topological polar surface area (TPSA) is 107 Å². The molecule has 1 atom stereocenters. The third-order valence-electron chi connectivity index (χ3n) is 3.43. The van der Waals surface area contributed by atoms with Crippen LogP contribution >= 0.6 is 11.6 Å². The van der Waals surface area contributed by atoms with Gasteiger partial charge >= 0.3 is 0 Å². The van der Waals surface area contributed by atoms with Gasteiger partial charge in [0.05, 0.1) is 12.2 Å². The molecule has 1 aromatic rings. The van der Waals surface area contributed by atoms with Crippen LogP contribution in [0.15, 0.2) is 0 Å². The number of aryl methyl sites for hydroxylation is 1. The van der Waals surface area contributed by atoms with Crippen molar-refractivity contribution < 1.29 is 14.8 Å². The zero-order valence-corrected chi connectivity index (χ0v) is 14.5. The van der Waals surface area contributed by atoms with Crippen LogP contribution in [-0.4, -0.2) is 27.0 Å². The molecule has 1 unspecified atom stereocenters. The van der Waals surface area contributed by atoms with Gasteiger partial charge in [0, 0.05) is 6.42 Å². The van der Waals surface area contributed by atoms with Gasteiger partial charge in [-0.3, -0.25) is 14.8 Å². The van der Waals surface area contributed by atoms with Gasteiger partial charge < -0.3 is 10.3 Å². The Morgan fingerprint density at radius 3 is 2.61 bits per heavy atom. The van der Waals surface area contributed by atoms with E-state index >= 15 is 0 Å². The summed E-state index contributed by atoms with van der Waals surface area (Å²) in [6.45, 7) is 6.05. The average Bonchev–Trinajstić information content (AvgIpc) is 2.87. The summed E-state index contributed by atoms with van der Waals surface area (Å²) < 4.78 is 0. The van der Waals surface area contributed by atoms with E-state index in [0.29, 0.717) is 17.3 Å². The van der Waals surface area contributed by atoms with Crippen molar-refractivity contribution >= 4 is 23.4 Å². The first kappa shape index (κ1) is 19.4. The predicted molar refractivity (Wildman–Crippen MR) is 86.9 cm³/mol. The van der Waals surface area contributed by atoms with Crippen LogP contribution in [0.5, 0.6) is 0 Å². The Labute approximate surface area is 141 Å². The molecule has 7 nitrogen and oxygen atoms in total. The number of imidazole rings is 1. The van der Waals surface area contributed by atoms with E-state index in [0.717, 1.165) is 25.1 Å². The van der Waals surface area contributed by atoms with Crippen molar-refractivity contribution in [2.75, 3.05) is 0 Å². The minimum Gasteiger partial charge on any atom is -0.350 e. The minimum absolute atomic E-state index is 0.138. The molecule has 0 radical (unpaired) electrons. The van der Waals surface area contributed by atoms with Gasteiger partial charge in [-0.25, -0.2) is 10.5 Å². The number of nitrogens with zero attached hydrogens (tertiary/aromatic N) is 1. The molecular weight excluding hydrogens is 320 g/mol. The molecule has 1 rings (SSSR count). The first-order valence-electron chi connectivity index (χ1n) is 7.83. The van der Waals surface area contributed by atoms with Gasteiger partial charge in [0.15, 0.2) is 5.15 Å². The van der Waals surface area contributed by atoms with Gasteiger partial charge in [-0.1, -0.05) is 38.8 Å². The summed E-state index contributed by atoms with van der Waals surface area (Å²) in [5, 5.41) is 11.8. The van der Waals surface area contributed by atoms with Gasteiger partial charge in [0.25, 0.3) is 5.91 Å². The molecule has 0 fully saturated rings. The average molecular weight is 345 g/mol. The smallest absolute Gasteiger partial charge is 0.255 e. The number of aromatic amines is 1. The number of hydrogen-bond donors (Lipinski definition) is 4. The largest absolute Gasteiger partial charge is 0.350 e. The summed E-state index contributed by atoms with van der Waals surface area (Å²) >= 11 is 6.05. The normalized spacial score (nSPS) is 12.3. The van der Waals surface area contributed by atoms with Crippen molar-refractivity contribution in [3.63, 3.8) is 0 Å². The Hall–Kier alpha value is -1.60. The standard InChI is InChI=1S/C15H25ClN4O3/c1-4-5-6-12-18-11(13(16)19-12)8-17-14(21)10(7-9(2)3)15(22)20-23/h9-10,23H,4-8H2,1-3H3,(H,17,21)(H,18,19)(H,20,22). The van der Waals surface area contributed by atoms with E-state index in [2.05, 4.69) is 22.2 Å². The lowest BCUT2D eigenvalue weighted by Gasteiger charge is -2.16. The number of rotatable bonds is 9. The Balaban J connectivity index is 2.66. The molecule has 0 spiro atoms. The lowest BCUT2D eigenvalue weighted by atomic mass is 9.95. The molecule has 0 aromatic carbocycles. The monoisotopic (exact) mass is 344 g/mol. The molecule has 4 N–H and O–H groups in total. The van der Waals surface area contributed by atoms with E-state index < -0.39 is 17.7 Å².